The van der Waals surface area contributed by atoms with Gasteiger partial charge in [0.25, 0.3) is 0 Å². The number of anilines is 1. The minimum absolute atomic E-state index is 0.0774. The minimum atomic E-state index is -0.526. The molecule has 1 atom stereocenters. The van der Waals surface area contributed by atoms with Crippen LogP contribution in [-0.4, -0.2) is 38.7 Å². The highest BCUT2D eigenvalue weighted by Crippen LogP contribution is 2.34. The standard InChI is InChI=1S/C23H22N4O2S2/c1-3-13-27-21(29)19(14-20(28)24-16-10-6-5-9-15(16)4-2)31-23(27)26-22-25-17-11-7-8-12-18(17)30-22/h3,5-12,19H,1,4,13-14H2,2H3,(H,24,28). The molecule has 1 fully saturated rings. The first-order valence-corrected chi connectivity index (χ1v) is 11.7. The Kier molecular flexibility index (Phi) is 6.48. The number of nitrogens with one attached hydrogen (secondary N) is 1. The number of thiazole rings is 1. The summed E-state index contributed by atoms with van der Waals surface area (Å²) in [6, 6.07) is 15.5. The molecule has 1 saturated heterocycles. The van der Waals surface area contributed by atoms with Gasteiger partial charge in [-0.3, -0.25) is 14.5 Å². The lowest BCUT2D eigenvalue weighted by Crippen LogP contribution is -2.33. The first-order valence-electron chi connectivity index (χ1n) is 10.00. The fraction of sp³-hybridized carbons (Fsp3) is 0.217. The number of fused-ring (bicyclic) bond motifs is 1. The maximum absolute atomic E-state index is 13.0. The molecule has 2 amide bonds. The number of hydrogen-bond acceptors (Lipinski definition) is 6. The van der Waals surface area contributed by atoms with Crippen LogP contribution in [0.1, 0.15) is 18.9 Å². The Bertz CT molecular complexity index is 1140. The number of amides is 2. The Morgan fingerprint density at radius 1 is 1.26 bits per heavy atom. The molecule has 2 aromatic carbocycles. The molecule has 3 aromatic rings. The Labute approximate surface area is 189 Å². The summed E-state index contributed by atoms with van der Waals surface area (Å²) in [5.74, 6) is -0.324. The third-order valence-electron chi connectivity index (χ3n) is 4.85. The molecule has 8 heteroatoms. The Hall–Kier alpha value is -2.97. The second-order valence-electron chi connectivity index (χ2n) is 6.97. The number of aliphatic imine (C=N–C) groups is 1. The number of thioether (sulfide) groups is 1. The molecule has 1 unspecified atom stereocenters. The molecule has 1 N–H and O–H groups in total. The van der Waals surface area contributed by atoms with E-state index in [0.29, 0.717) is 16.8 Å². The highest BCUT2D eigenvalue weighted by Gasteiger charge is 2.38. The summed E-state index contributed by atoms with van der Waals surface area (Å²) in [5, 5.41) is 3.56. The predicted molar refractivity (Wildman–Crippen MR) is 129 cm³/mol. The van der Waals surface area contributed by atoms with E-state index in [9.17, 15) is 9.59 Å². The van der Waals surface area contributed by atoms with E-state index < -0.39 is 5.25 Å². The van der Waals surface area contributed by atoms with Crippen LogP contribution in [0.2, 0.25) is 0 Å². The van der Waals surface area contributed by atoms with Crippen LogP contribution in [0.25, 0.3) is 10.2 Å². The van der Waals surface area contributed by atoms with E-state index in [2.05, 4.69) is 21.9 Å². The van der Waals surface area contributed by atoms with E-state index in [1.54, 1.807) is 11.0 Å². The number of carbonyl (C=O) groups is 2. The van der Waals surface area contributed by atoms with E-state index in [0.717, 1.165) is 27.9 Å². The summed E-state index contributed by atoms with van der Waals surface area (Å²) in [6.07, 6.45) is 2.56. The van der Waals surface area contributed by atoms with Gasteiger partial charge in [0.2, 0.25) is 16.9 Å². The molecule has 6 nitrogen and oxygen atoms in total. The van der Waals surface area contributed by atoms with E-state index in [1.165, 1.54) is 23.1 Å². The van der Waals surface area contributed by atoms with Crippen LogP contribution in [0.15, 0.2) is 66.2 Å². The zero-order valence-electron chi connectivity index (χ0n) is 17.1. The van der Waals surface area contributed by atoms with Gasteiger partial charge in [0, 0.05) is 18.7 Å². The number of hydrogen-bond donors (Lipinski definition) is 1. The van der Waals surface area contributed by atoms with Crippen LogP contribution in [0.4, 0.5) is 10.8 Å². The van der Waals surface area contributed by atoms with Gasteiger partial charge in [-0.2, -0.15) is 4.99 Å². The number of benzene rings is 2. The summed E-state index contributed by atoms with van der Waals surface area (Å²) in [5.41, 5.74) is 2.73. The number of aromatic nitrogens is 1. The van der Waals surface area contributed by atoms with Crippen molar-refractivity contribution in [2.75, 3.05) is 11.9 Å². The van der Waals surface area contributed by atoms with Crippen molar-refractivity contribution >= 4 is 61.1 Å². The number of aryl methyl sites for hydroxylation is 1. The third kappa shape index (κ3) is 4.70. The molecular formula is C23H22N4O2S2. The molecule has 158 valence electrons. The number of amidine groups is 1. The van der Waals surface area contributed by atoms with Crippen LogP contribution in [0.3, 0.4) is 0 Å². The summed E-state index contributed by atoms with van der Waals surface area (Å²) in [4.78, 5) is 36.4. The van der Waals surface area contributed by atoms with Crippen molar-refractivity contribution in [1.82, 2.24) is 9.88 Å². The quantitative estimate of drug-likeness (QED) is 0.514. The van der Waals surface area contributed by atoms with Crippen LogP contribution in [-0.2, 0) is 16.0 Å². The van der Waals surface area contributed by atoms with Gasteiger partial charge < -0.3 is 5.32 Å². The SMILES string of the molecule is C=CCN1C(=O)C(CC(=O)Nc2ccccc2CC)SC1=Nc1nc2ccccc2s1. The van der Waals surface area contributed by atoms with E-state index in [-0.39, 0.29) is 18.2 Å². The highest BCUT2D eigenvalue weighted by atomic mass is 32.2. The van der Waals surface area contributed by atoms with Gasteiger partial charge in [-0.05, 0) is 30.2 Å². The van der Waals surface area contributed by atoms with Crippen molar-refractivity contribution in [3.8, 4) is 0 Å². The van der Waals surface area contributed by atoms with Crippen LogP contribution < -0.4 is 5.32 Å². The van der Waals surface area contributed by atoms with Gasteiger partial charge in [-0.15, -0.1) is 6.58 Å². The summed E-state index contributed by atoms with van der Waals surface area (Å²) in [6.45, 7) is 6.13. The van der Waals surface area contributed by atoms with Crippen molar-refractivity contribution in [2.45, 2.75) is 25.0 Å². The van der Waals surface area contributed by atoms with Gasteiger partial charge in [0.1, 0.15) is 5.25 Å². The van der Waals surface area contributed by atoms with Crippen LogP contribution in [0, 0.1) is 0 Å². The van der Waals surface area contributed by atoms with E-state index >= 15 is 0 Å². The molecule has 0 aliphatic carbocycles. The van der Waals surface area contributed by atoms with Gasteiger partial charge >= 0.3 is 0 Å². The molecule has 31 heavy (non-hydrogen) atoms. The molecule has 2 heterocycles. The normalized spacial score (nSPS) is 17.5. The average Bonchev–Trinajstić information content (AvgIpc) is 3.30. The van der Waals surface area contributed by atoms with Gasteiger partial charge in [-0.25, -0.2) is 4.98 Å². The Morgan fingerprint density at radius 3 is 2.81 bits per heavy atom. The molecule has 1 aliphatic heterocycles. The third-order valence-corrected chi connectivity index (χ3v) is 6.95. The lowest BCUT2D eigenvalue weighted by molar-refractivity contribution is -0.127. The first kappa shape index (κ1) is 21.3. The summed E-state index contributed by atoms with van der Waals surface area (Å²) < 4.78 is 1.04. The zero-order chi connectivity index (χ0) is 21.8. The van der Waals surface area contributed by atoms with Crippen molar-refractivity contribution < 1.29 is 9.59 Å². The number of nitrogens with zero attached hydrogens (tertiary/aromatic N) is 3. The lowest BCUT2D eigenvalue weighted by Gasteiger charge is -2.13. The van der Waals surface area contributed by atoms with Gasteiger partial charge in [0.05, 0.1) is 10.2 Å². The van der Waals surface area contributed by atoms with Crippen molar-refractivity contribution in [3.05, 3.63) is 66.7 Å². The minimum Gasteiger partial charge on any atom is -0.326 e. The summed E-state index contributed by atoms with van der Waals surface area (Å²) in [7, 11) is 0. The molecule has 1 aliphatic rings. The van der Waals surface area contributed by atoms with Gasteiger partial charge in [0.15, 0.2) is 5.17 Å². The predicted octanol–water partition coefficient (Wildman–Crippen LogP) is 5.01. The fourth-order valence-electron chi connectivity index (χ4n) is 3.33. The van der Waals surface area contributed by atoms with Crippen molar-refractivity contribution in [3.63, 3.8) is 0 Å². The maximum atomic E-state index is 13.0. The topological polar surface area (TPSA) is 74.7 Å². The first-order chi connectivity index (χ1) is 15.1. The molecule has 0 saturated carbocycles. The van der Waals surface area contributed by atoms with E-state index in [4.69, 9.17) is 0 Å². The van der Waals surface area contributed by atoms with E-state index in [1.807, 2.05) is 55.5 Å². The molecule has 0 bridgehead atoms. The second kappa shape index (κ2) is 9.45. The number of carbonyl (C=O) groups excluding carboxylic acids is 2. The van der Waals surface area contributed by atoms with Crippen molar-refractivity contribution in [1.29, 1.82) is 0 Å². The lowest BCUT2D eigenvalue weighted by atomic mass is 10.1. The average molecular weight is 451 g/mol. The molecule has 4 rings (SSSR count). The Balaban J connectivity index is 1.52. The fourth-order valence-corrected chi connectivity index (χ4v) is 5.38. The highest BCUT2D eigenvalue weighted by molar-refractivity contribution is 8.15. The smallest absolute Gasteiger partial charge is 0.242 e. The van der Waals surface area contributed by atoms with Gasteiger partial charge in [-0.1, -0.05) is 66.4 Å². The van der Waals surface area contributed by atoms with Crippen molar-refractivity contribution in [2.24, 2.45) is 4.99 Å². The number of rotatable bonds is 7. The molecule has 1 aromatic heterocycles. The van der Waals surface area contributed by atoms with Crippen LogP contribution in [0.5, 0.6) is 0 Å². The summed E-state index contributed by atoms with van der Waals surface area (Å²) >= 11 is 2.78. The number of para-hydroxylation sites is 2. The zero-order valence-corrected chi connectivity index (χ0v) is 18.7. The van der Waals surface area contributed by atoms with Crippen LogP contribution >= 0.6 is 23.1 Å². The maximum Gasteiger partial charge on any atom is 0.242 e. The second-order valence-corrected chi connectivity index (χ2v) is 9.14. The monoisotopic (exact) mass is 450 g/mol. The molecule has 0 spiro atoms. The Morgan fingerprint density at radius 2 is 2.03 bits per heavy atom. The largest absolute Gasteiger partial charge is 0.326 e. The molecule has 0 radical (unpaired) electrons. The molecular weight excluding hydrogens is 428 g/mol.